The Morgan fingerprint density at radius 1 is 1.26 bits per heavy atom. The van der Waals surface area contributed by atoms with Gasteiger partial charge in [0.2, 0.25) is 5.60 Å². The van der Waals surface area contributed by atoms with Crippen molar-refractivity contribution in [2.45, 2.75) is 45.4 Å². The molecule has 2 aromatic heterocycles. The van der Waals surface area contributed by atoms with E-state index in [1.807, 2.05) is 24.3 Å². The van der Waals surface area contributed by atoms with Crippen LogP contribution >= 0.6 is 8.25 Å². The molecule has 2 atom stereocenters. The normalized spacial score (nSPS) is 19.6. The number of carbonyl (C=O) groups is 1. The number of ether oxygens (including phenoxy) is 1. The highest BCUT2D eigenvalue weighted by Gasteiger charge is 2.54. The summed E-state index contributed by atoms with van der Waals surface area (Å²) < 4.78 is 23.6. The number of carbonyl (C=O) groups excluding carboxylic acids is 1. The van der Waals surface area contributed by atoms with Crippen LogP contribution in [-0.4, -0.2) is 20.4 Å². The van der Waals surface area contributed by atoms with E-state index in [0.29, 0.717) is 17.9 Å². The molecule has 2 aliphatic rings. The number of nitrogens with zero attached hydrogens (tertiary/aromatic N) is 2. The molecule has 0 aliphatic carbocycles. The first kappa shape index (κ1) is 20.0. The molecule has 0 amide bonds. The Kier molecular flexibility index (Phi) is 4.55. The zero-order chi connectivity index (χ0) is 21.9. The van der Waals surface area contributed by atoms with Gasteiger partial charge in [-0.1, -0.05) is 36.6 Å². The van der Waals surface area contributed by atoms with E-state index >= 15 is 0 Å². The van der Waals surface area contributed by atoms with Gasteiger partial charge >= 0.3 is 14.2 Å². The number of para-hydroxylation sites is 1. The fourth-order valence-corrected chi connectivity index (χ4v) is 5.36. The molecule has 5 rings (SSSR count). The molecular formula is C22H20N2O6P+. The average Bonchev–Trinajstić information content (AvgIpc) is 3.12. The molecule has 0 fully saturated rings. The van der Waals surface area contributed by atoms with E-state index in [0.717, 1.165) is 28.5 Å². The molecule has 9 heteroatoms. The summed E-state index contributed by atoms with van der Waals surface area (Å²) in [6.07, 6.45) is 0.823. The van der Waals surface area contributed by atoms with Gasteiger partial charge in [-0.25, -0.2) is 9.78 Å². The second-order valence-electron chi connectivity index (χ2n) is 7.69. The fraction of sp³-hybridized carbons (Fsp3) is 0.318. The van der Waals surface area contributed by atoms with Crippen LogP contribution in [0.1, 0.15) is 42.5 Å². The predicted molar refractivity (Wildman–Crippen MR) is 113 cm³/mol. The summed E-state index contributed by atoms with van der Waals surface area (Å²) in [4.78, 5) is 40.3. The largest absolute Gasteiger partial charge is 0.696 e. The van der Waals surface area contributed by atoms with E-state index < -0.39 is 19.8 Å². The van der Waals surface area contributed by atoms with E-state index in [9.17, 15) is 19.0 Å². The molecule has 2 aliphatic heterocycles. The van der Waals surface area contributed by atoms with Crippen LogP contribution in [-0.2, 0) is 43.8 Å². The number of esters is 1. The lowest BCUT2D eigenvalue weighted by molar-refractivity contribution is -0.169. The summed E-state index contributed by atoms with van der Waals surface area (Å²) in [5.41, 5.74) is 2.62. The topological polar surface area (TPSA) is 108 Å². The Hall–Kier alpha value is -2.93. The molecule has 0 radical (unpaired) electrons. The quantitative estimate of drug-likeness (QED) is 0.384. The van der Waals surface area contributed by atoms with Crippen molar-refractivity contribution < 1.29 is 23.5 Å². The average molecular weight is 439 g/mol. The summed E-state index contributed by atoms with van der Waals surface area (Å²) >= 11 is 0. The van der Waals surface area contributed by atoms with E-state index in [2.05, 4.69) is 6.92 Å². The minimum Gasteiger partial charge on any atom is -0.458 e. The molecule has 3 aromatic rings. The second kappa shape index (κ2) is 7.05. The van der Waals surface area contributed by atoms with Crippen molar-refractivity contribution in [1.29, 1.82) is 0 Å². The highest BCUT2D eigenvalue weighted by atomic mass is 31.1. The van der Waals surface area contributed by atoms with Gasteiger partial charge in [0.1, 0.15) is 6.61 Å². The summed E-state index contributed by atoms with van der Waals surface area (Å²) in [5, 5.41) is 1.05. The maximum Gasteiger partial charge on any atom is 0.696 e. The van der Waals surface area contributed by atoms with Crippen molar-refractivity contribution in [1.82, 2.24) is 9.55 Å². The highest BCUT2D eigenvalue weighted by molar-refractivity contribution is 7.32. The van der Waals surface area contributed by atoms with Gasteiger partial charge in [0.15, 0.2) is 0 Å². The standard InChI is InChI=1S/C22H19N2O6P/c1-3-12-13-7-5-6-8-17(13)23-19-14(12)10-24-18(19)9-16-15(20(24)25)11-29-21(26)22(16,4-2)30-31(27)28/h5-9H,3-4,10-11H2,1-2H3/p+1/t22-/m0/s1. The number of hydrogen-bond donors (Lipinski definition) is 1. The zero-order valence-electron chi connectivity index (χ0n) is 17.0. The van der Waals surface area contributed by atoms with Crippen LogP contribution in [0.3, 0.4) is 0 Å². The molecule has 1 aromatic carbocycles. The lowest BCUT2D eigenvalue weighted by Crippen LogP contribution is -2.45. The van der Waals surface area contributed by atoms with Crippen LogP contribution in [0.2, 0.25) is 0 Å². The first-order valence-corrected chi connectivity index (χ1v) is 11.2. The van der Waals surface area contributed by atoms with Crippen molar-refractivity contribution in [2.75, 3.05) is 0 Å². The van der Waals surface area contributed by atoms with Crippen LogP contribution in [0.25, 0.3) is 22.3 Å². The summed E-state index contributed by atoms with van der Waals surface area (Å²) in [7, 11) is -3.10. The zero-order valence-corrected chi connectivity index (χ0v) is 17.9. The van der Waals surface area contributed by atoms with Crippen LogP contribution in [0.5, 0.6) is 0 Å². The Bertz CT molecular complexity index is 1350. The molecule has 1 unspecified atom stereocenters. The van der Waals surface area contributed by atoms with Crippen LogP contribution < -0.4 is 5.56 Å². The molecule has 0 bridgehead atoms. The van der Waals surface area contributed by atoms with Gasteiger partial charge in [-0.05, 0) is 30.5 Å². The van der Waals surface area contributed by atoms with Crippen molar-refractivity contribution >= 4 is 25.1 Å². The Balaban J connectivity index is 1.82. The van der Waals surface area contributed by atoms with Crippen molar-refractivity contribution in [3.8, 4) is 11.4 Å². The fourth-order valence-electron chi connectivity index (χ4n) is 4.79. The lowest BCUT2D eigenvalue weighted by atomic mass is 9.86. The SMILES string of the molecule is CCc1c2c(nc3ccccc13)-c1cc3c(c(=O)n1C2)COC(=O)[C@@]3(CC)O[P+](=O)O. The number of pyridine rings is 2. The highest BCUT2D eigenvalue weighted by Crippen LogP contribution is 2.45. The molecule has 0 saturated heterocycles. The number of rotatable bonds is 4. The van der Waals surface area contributed by atoms with Gasteiger partial charge in [0.05, 0.1) is 29.0 Å². The van der Waals surface area contributed by atoms with Gasteiger partial charge in [-0.3, -0.25) is 4.79 Å². The lowest BCUT2D eigenvalue weighted by Gasteiger charge is -2.31. The first-order valence-electron chi connectivity index (χ1n) is 10.1. The molecule has 0 saturated carbocycles. The smallest absolute Gasteiger partial charge is 0.458 e. The van der Waals surface area contributed by atoms with Crippen LogP contribution in [0.4, 0.5) is 0 Å². The maximum atomic E-state index is 13.4. The van der Waals surface area contributed by atoms with E-state index in [-0.39, 0.29) is 29.7 Å². The van der Waals surface area contributed by atoms with Crippen LogP contribution in [0.15, 0.2) is 35.1 Å². The minimum atomic E-state index is -3.10. The summed E-state index contributed by atoms with van der Waals surface area (Å²) in [6.45, 7) is 3.89. The van der Waals surface area contributed by atoms with Gasteiger partial charge in [-0.15, -0.1) is 4.89 Å². The molecular weight excluding hydrogens is 419 g/mol. The monoisotopic (exact) mass is 439 g/mol. The number of fused-ring (bicyclic) bond motifs is 5. The van der Waals surface area contributed by atoms with Crippen molar-refractivity contribution in [3.05, 3.63) is 62.9 Å². The van der Waals surface area contributed by atoms with E-state index in [4.69, 9.17) is 14.2 Å². The van der Waals surface area contributed by atoms with E-state index in [1.165, 1.54) is 0 Å². The Morgan fingerprint density at radius 3 is 2.74 bits per heavy atom. The maximum absolute atomic E-state index is 13.4. The number of aryl methyl sites for hydroxylation is 1. The molecule has 8 nitrogen and oxygen atoms in total. The molecule has 0 spiro atoms. The van der Waals surface area contributed by atoms with Crippen molar-refractivity contribution in [2.24, 2.45) is 0 Å². The third-order valence-electron chi connectivity index (χ3n) is 6.27. The molecule has 4 heterocycles. The van der Waals surface area contributed by atoms with Gasteiger partial charge in [0.25, 0.3) is 5.56 Å². The number of aromatic nitrogens is 2. The Labute approximate surface area is 178 Å². The number of hydrogen-bond acceptors (Lipinski definition) is 6. The second-order valence-corrected chi connectivity index (χ2v) is 8.35. The molecule has 1 N–H and O–H groups in total. The third kappa shape index (κ3) is 2.72. The van der Waals surface area contributed by atoms with Gasteiger partial charge < -0.3 is 9.30 Å². The van der Waals surface area contributed by atoms with Gasteiger partial charge in [-0.2, -0.15) is 0 Å². The minimum absolute atomic E-state index is 0.0432. The number of cyclic esters (lactones) is 1. The van der Waals surface area contributed by atoms with Gasteiger partial charge in [0, 0.05) is 21.1 Å². The van der Waals surface area contributed by atoms with Crippen molar-refractivity contribution in [3.63, 3.8) is 0 Å². The Morgan fingerprint density at radius 2 is 2.03 bits per heavy atom. The summed E-state index contributed by atoms with van der Waals surface area (Å²) in [6, 6.07) is 9.54. The third-order valence-corrected chi connectivity index (χ3v) is 6.74. The van der Waals surface area contributed by atoms with E-state index in [1.54, 1.807) is 17.6 Å². The molecule has 158 valence electrons. The predicted octanol–water partition coefficient (Wildman–Crippen LogP) is 3.32. The molecule has 31 heavy (non-hydrogen) atoms. The first-order chi connectivity index (χ1) is 14.9. The summed E-state index contributed by atoms with van der Waals surface area (Å²) in [5.74, 6) is -0.775. The number of benzene rings is 1. The van der Waals surface area contributed by atoms with Crippen LogP contribution in [0, 0.1) is 0 Å².